The molecule has 2 atom stereocenters. The number of hydrogen-bond donors (Lipinski definition) is 2. The van der Waals surface area contributed by atoms with E-state index in [4.69, 9.17) is 5.11 Å². The van der Waals surface area contributed by atoms with Crippen molar-refractivity contribution in [3.05, 3.63) is 0 Å². The molecule has 0 radical (unpaired) electrons. The molecule has 4 nitrogen and oxygen atoms in total. The summed E-state index contributed by atoms with van der Waals surface area (Å²) in [6, 6.07) is 0. The standard InChI is InChI=1S/C11H19NO3/c13-10(14)9-3-4-11(15,7-9)8-12-5-1-2-6-12/h9,15H,1-8H2,(H,13,14). The van der Waals surface area contributed by atoms with E-state index in [2.05, 4.69) is 4.90 Å². The minimum Gasteiger partial charge on any atom is -0.481 e. The first-order valence-corrected chi connectivity index (χ1v) is 5.77. The molecule has 4 heteroatoms. The number of carboxylic acid groups (broad SMARTS) is 1. The van der Waals surface area contributed by atoms with Crippen LogP contribution in [-0.4, -0.2) is 46.3 Å². The van der Waals surface area contributed by atoms with Gasteiger partial charge >= 0.3 is 5.97 Å². The Hall–Kier alpha value is -0.610. The molecule has 0 aromatic rings. The second-order valence-corrected chi connectivity index (χ2v) is 4.99. The van der Waals surface area contributed by atoms with Crippen molar-refractivity contribution >= 4 is 5.97 Å². The Kier molecular flexibility index (Phi) is 2.98. The van der Waals surface area contributed by atoms with Crippen molar-refractivity contribution in [2.75, 3.05) is 19.6 Å². The zero-order chi connectivity index (χ0) is 10.9. The van der Waals surface area contributed by atoms with Crippen molar-refractivity contribution in [1.29, 1.82) is 0 Å². The lowest BCUT2D eigenvalue weighted by atomic mass is 9.99. The van der Waals surface area contributed by atoms with Gasteiger partial charge in [-0.1, -0.05) is 0 Å². The van der Waals surface area contributed by atoms with Crippen LogP contribution < -0.4 is 0 Å². The van der Waals surface area contributed by atoms with Gasteiger partial charge in [0, 0.05) is 6.54 Å². The molecule has 0 amide bonds. The first-order valence-electron chi connectivity index (χ1n) is 5.77. The van der Waals surface area contributed by atoms with Gasteiger partial charge in [-0.2, -0.15) is 0 Å². The lowest BCUT2D eigenvalue weighted by Crippen LogP contribution is -2.40. The second kappa shape index (κ2) is 4.10. The van der Waals surface area contributed by atoms with Crippen molar-refractivity contribution in [2.24, 2.45) is 5.92 Å². The largest absolute Gasteiger partial charge is 0.481 e. The molecule has 2 N–H and O–H groups in total. The third kappa shape index (κ3) is 2.49. The molecule has 1 saturated heterocycles. The van der Waals surface area contributed by atoms with Gasteiger partial charge in [0.05, 0.1) is 11.5 Å². The van der Waals surface area contributed by atoms with Crippen molar-refractivity contribution < 1.29 is 15.0 Å². The fraction of sp³-hybridized carbons (Fsp3) is 0.909. The number of hydrogen-bond acceptors (Lipinski definition) is 3. The van der Waals surface area contributed by atoms with E-state index in [0.29, 0.717) is 25.8 Å². The minimum atomic E-state index is -0.757. The molecule has 1 aliphatic heterocycles. The summed E-state index contributed by atoms with van der Waals surface area (Å²) >= 11 is 0. The molecule has 0 aromatic carbocycles. The first-order chi connectivity index (χ1) is 7.09. The van der Waals surface area contributed by atoms with Gasteiger partial charge in [-0.25, -0.2) is 0 Å². The Balaban J connectivity index is 1.88. The van der Waals surface area contributed by atoms with Crippen LogP contribution in [-0.2, 0) is 4.79 Å². The Morgan fingerprint density at radius 3 is 2.60 bits per heavy atom. The molecule has 1 saturated carbocycles. The Morgan fingerprint density at radius 1 is 1.40 bits per heavy atom. The van der Waals surface area contributed by atoms with E-state index in [1.165, 1.54) is 12.8 Å². The molecule has 86 valence electrons. The summed E-state index contributed by atoms with van der Waals surface area (Å²) < 4.78 is 0. The van der Waals surface area contributed by atoms with Crippen LogP contribution in [0, 0.1) is 5.92 Å². The van der Waals surface area contributed by atoms with Gasteiger partial charge in [0.2, 0.25) is 0 Å². The summed E-state index contributed by atoms with van der Waals surface area (Å²) in [5, 5.41) is 19.1. The van der Waals surface area contributed by atoms with Gasteiger partial charge in [0.1, 0.15) is 0 Å². The number of β-amino-alcohol motifs (C(OH)–C–C–N with tert-alkyl or cyclic N) is 1. The number of rotatable bonds is 3. The first kappa shape index (κ1) is 10.9. The maximum atomic E-state index is 10.8. The van der Waals surface area contributed by atoms with Crippen molar-refractivity contribution in [3.63, 3.8) is 0 Å². The highest BCUT2D eigenvalue weighted by Gasteiger charge is 2.41. The number of aliphatic hydroxyl groups is 1. The highest BCUT2D eigenvalue weighted by molar-refractivity contribution is 5.70. The average molecular weight is 213 g/mol. The van der Waals surface area contributed by atoms with E-state index in [0.717, 1.165) is 13.1 Å². The third-order valence-electron chi connectivity index (χ3n) is 3.65. The van der Waals surface area contributed by atoms with Crippen molar-refractivity contribution in [3.8, 4) is 0 Å². The number of carbonyl (C=O) groups is 1. The molecule has 0 spiro atoms. The van der Waals surface area contributed by atoms with Crippen LogP contribution in [0.2, 0.25) is 0 Å². The van der Waals surface area contributed by atoms with E-state index in [1.54, 1.807) is 0 Å². The van der Waals surface area contributed by atoms with Gasteiger partial charge in [0.25, 0.3) is 0 Å². The number of likely N-dealkylation sites (tertiary alicyclic amines) is 1. The second-order valence-electron chi connectivity index (χ2n) is 4.99. The molecule has 1 aliphatic carbocycles. The zero-order valence-electron chi connectivity index (χ0n) is 8.98. The van der Waals surface area contributed by atoms with Crippen molar-refractivity contribution in [1.82, 2.24) is 4.90 Å². The Labute approximate surface area is 89.9 Å². The van der Waals surface area contributed by atoms with Crippen LogP contribution in [0.3, 0.4) is 0 Å². The third-order valence-corrected chi connectivity index (χ3v) is 3.65. The lowest BCUT2D eigenvalue weighted by molar-refractivity contribution is -0.142. The molecule has 2 aliphatic rings. The summed E-state index contributed by atoms with van der Waals surface area (Å²) in [4.78, 5) is 13.1. The molecule has 2 fully saturated rings. The van der Waals surface area contributed by atoms with E-state index in [9.17, 15) is 9.90 Å². The molecule has 2 unspecified atom stereocenters. The predicted octanol–water partition coefficient (Wildman–Crippen LogP) is 0.698. The molecule has 15 heavy (non-hydrogen) atoms. The summed E-state index contributed by atoms with van der Waals surface area (Å²) in [5.41, 5.74) is -0.743. The fourth-order valence-corrected chi connectivity index (χ4v) is 2.82. The smallest absolute Gasteiger partial charge is 0.306 e. The van der Waals surface area contributed by atoms with Gasteiger partial charge < -0.3 is 15.1 Å². The molecular formula is C11H19NO3. The van der Waals surface area contributed by atoms with Gasteiger partial charge in [-0.15, -0.1) is 0 Å². The summed E-state index contributed by atoms with van der Waals surface area (Å²) in [6.45, 7) is 2.77. The van der Waals surface area contributed by atoms with Crippen LogP contribution in [0.25, 0.3) is 0 Å². The molecule has 0 bridgehead atoms. The number of carboxylic acids is 1. The summed E-state index contributed by atoms with van der Waals surface area (Å²) in [5.74, 6) is -1.09. The maximum absolute atomic E-state index is 10.8. The normalized spacial score (nSPS) is 37.3. The van der Waals surface area contributed by atoms with E-state index in [1.807, 2.05) is 0 Å². The Morgan fingerprint density at radius 2 is 2.07 bits per heavy atom. The average Bonchev–Trinajstić information content (AvgIpc) is 2.75. The van der Waals surface area contributed by atoms with Crippen molar-refractivity contribution in [2.45, 2.75) is 37.7 Å². The number of nitrogens with zero attached hydrogens (tertiary/aromatic N) is 1. The number of aliphatic carboxylic acids is 1. The topological polar surface area (TPSA) is 60.8 Å². The monoisotopic (exact) mass is 213 g/mol. The fourth-order valence-electron chi connectivity index (χ4n) is 2.82. The van der Waals surface area contributed by atoms with Crippen LogP contribution in [0.4, 0.5) is 0 Å². The lowest BCUT2D eigenvalue weighted by Gasteiger charge is -2.28. The summed E-state index contributed by atoms with van der Waals surface area (Å²) in [6.07, 6.45) is 4.11. The quantitative estimate of drug-likeness (QED) is 0.724. The zero-order valence-corrected chi connectivity index (χ0v) is 8.98. The van der Waals surface area contributed by atoms with Gasteiger partial charge in [-0.05, 0) is 45.2 Å². The van der Waals surface area contributed by atoms with E-state index < -0.39 is 11.6 Å². The summed E-state index contributed by atoms with van der Waals surface area (Å²) in [7, 11) is 0. The van der Waals surface area contributed by atoms with E-state index in [-0.39, 0.29) is 5.92 Å². The van der Waals surface area contributed by atoms with Gasteiger partial charge in [-0.3, -0.25) is 4.79 Å². The Bertz CT molecular complexity index is 250. The highest BCUT2D eigenvalue weighted by Crippen LogP contribution is 2.35. The van der Waals surface area contributed by atoms with Gasteiger partial charge in [0.15, 0.2) is 0 Å². The van der Waals surface area contributed by atoms with Crippen LogP contribution in [0.15, 0.2) is 0 Å². The molecule has 0 aromatic heterocycles. The highest BCUT2D eigenvalue weighted by atomic mass is 16.4. The minimum absolute atomic E-state index is 0.336. The van der Waals surface area contributed by atoms with E-state index >= 15 is 0 Å². The predicted molar refractivity (Wildman–Crippen MR) is 55.6 cm³/mol. The molecule has 2 rings (SSSR count). The van der Waals surface area contributed by atoms with Crippen LogP contribution in [0.5, 0.6) is 0 Å². The van der Waals surface area contributed by atoms with Crippen LogP contribution >= 0.6 is 0 Å². The van der Waals surface area contributed by atoms with Crippen LogP contribution in [0.1, 0.15) is 32.1 Å². The maximum Gasteiger partial charge on any atom is 0.306 e. The molecule has 1 heterocycles. The molecular weight excluding hydrogens is 194 g/mol. The SMILES string of the molecule is O=C(O)C1CCC(O)(CN2CCCC2)C1.